The van der Waals surface area contributed by atoms with Gasteiger partial charge < -0.3 is 5.32 Å². The van der Waals surface area contributed by atoms with Crippen LogP contribution in [0.4, 0.5) is 0 Å². The van der Waals surface area contributed by atoms with Crippen LogP contribution in [-0.2, 0) is 16.1 Å². The van der Waals surface area contributed by atoms with Crippen molar-refractivity contribution in [2.24, 2.45) is 5.92 Å². The summed E-state index contributed by atoms with van der Waals surface area (Å²) in [5, 5.41) is 6.47. The lowest BCUT2D eigenvalue weighted by molar-refractivity contribution is -0.125. The Labute approximate surface area is 119 Å². The van der Waals surface area contributed by atoms with Crippen molar-refractivity contribution in [2.45, 2.75) is 26.3 Å². The quantitative estimate of drug-likeness (QED) is 0.611. The highest BCUT2D eigenvalue weighted by molar-refractivity contribution is 9.10. The molecule has 1 atom stereocenters. The van der Waals surface area contributed by atoms with E-state index in [0.29, 0.717) is 19.5 Å². The van der Waals surface area contributed by atoms with E-state index in [-0.39, 0.29) is 23.5 Å². The molecule has 7 heteroatoms. The van der Waals surface area contributed by atoms with E-state index in [1.54, 1.807) is 10.9 Å². The predicted molar refractivity (Wildman–Crippen MR) is 72.2 cm³/mol. The van der Waals surface area contributed by atoms with Gasteiger partial charge in [-0.15, -0.1) is 0 Å². The topological polar surface area (TPSA) is 64.0 Å². The maximum absolute atomic E-state index is 11.7. The highest BCUT2D eigenvalue weighted by atomic mass is 79.9. The first-order valence-electron chi connectivity index (χ1n) is 5.63. The molecule has 18 heavy (non-hydrogen) atoms. The van der Waals surface area contributed by atoms with Gasteiger partial charge in [-0.3, -0.25) is 14.3 Å². The van der Waals surface area contributed by atoms with Gasteiger partial charge in [-0.05, 0) is 34.0 Å². The predicted octanol–water partition coefficient (Wildman–Crippen LogP) is 1.94. The minimum Gasteiger partial charge on any atom is -0.356 e. The number of amides is 1. The standard InChI is InChI=1S/C11H15BrClN3O2/c1-8(6-16-7-9(12)5-15-16)11(18)14-4-2-3-10(13)17/h5,7-8H,2-4,6H2,1H3,(H,14,18). The molecular formula is C11H15BrClN3O2. The molecular weight excluding hydrogens is 321 g/mol. The summed E-state index contributed by atoms with van der Waals surface area (Å²) in [5.74, 6) is -0.229. The van der Waals surface area contributed by atoms with Crippen LogP contribution >= 0.6 is 27.5 Å². The summed E-state index contributed by atoms with van der Waals surface area (Å²) in [6.07, 6.45) is 4.34. The van der Waals surface area contributed by atoms with E-state index in [2.05, 4.69) is 26.3 Å². The average Bonchev–Trinajstić information content (AvgIpc) is 2.69. The minimum atomic E-state index is -0.376. The van der Waals surface area contributed by atoms with Crippen molar-refractivity contribution in [3.8, 4) is 0 Å². The van der Waals surface area contributed by atoms with E-state index in [0.717, 1.165) is 4.47 Å². The van der Waals surface area contributed by atoms with Gasteiger partial charge in [0.05, 0.1) is 23.1 Å². The number of hydrogen-bond acceptors (Lipinski definition) is 3. The molecule has 1 rings (SSSR count). The van der Waals surface area contributed by atoms with E-state index in [1.807, 2.05) is 13.1 Å². The first-order valence-corrected chi connectivity index (χ1v) is 6.80. The van der Waals surface area contributed by atoms with Crippen LogP contribution < -0.4 is 5.32 Å². The zero-order valence-electron chi connectivity index (χ0n) is 10.0. The van der Waals surface area contributed by atoms with Crippen molar-refractivity contribution in [3.05, 3.63) is 16.9 Å². The molecule has 1 N–H and O–H groups in total. The molecule has 0 aliphatic carbocycles. The van der Waals surface area contributed by atoms with Gasteiger partial charge >= 0.3 is 0 Å². The summed E-state index contributed by atoms with van der Waals surface area (Å²) in [7, 11) is 0. The van der Waals surface area contributed by atoms with Gasteiger partial charge in [0.25, 0.3) is 0 Å². The van der Waals surface area contributed by atoms with E-state index in [4.69, 9.17) is 11.6 Å². The first-order chi connectivity index (χ1) is 8.49. The molecule has 0 aromatic carbocycles. The normalized spacial score (nSPS) is 12.2. The summed E-state index contributed by atoms with van der Waals surface area (Å²) in [6.45, 7) is 2.81. The fraction of sp³-hybridized carbons (Fsp3) is 0.545. The summed E-state index contributed by atoms with van der Waals surface area (Å²) < 4.78 is 2.59. The van der Waals surface area contributed by atoms with Gasteiger partial charge in [-0.25, -0.2) is 0 Å². The molecule has 0 spiro atoms. The molecule has 1 aromatic heterocycles. The molecule has 1 heterocycles. The Kier molecular flexibility index (Phi) is 6.35. The molecule has 0 radical (unpaired) electrons. The van der Waals surface area contributed by atoms with Gasteiger partial charge in [0, 0.05) is 19.2 Å². The van der Waals surface area contributed by atoms with E-state index in [9.17, 15) is 9.59 Å². The first kappa shape index (κ1) is 15.2. The van der Waals surface area contributed by atoms with Gasteiger partial charge in [0.1, 0.15) is 0 Å². The van der Waals surface area contributed by atoms with Crippen molar-refractivity contribution in [3.63, 3.8) is 0 Å². The van der Waals surface area contributed by atoms with Crippen LogP contribution in [0.15, 0.2) is 16.9 Å². The second-order valence-electron chi connectivity index (χ2n) is 4.03. The van der Waals surface area contributed by atoms with Crippen molar-refractivity contribution in [2.75, 3.05) is 6.54 Å². The van der Waals surface area contributed by atoms with Crippen molar-refractivity contribution >= 4 is 38.7 Å². The number of carbonyl (C=O) groups is 2. The minimum absolute atomic E-state index is 0.0522. The highest BCUT2D eigenvalue weighted by Crippen LogP contribution is 2.08. The molecule has 1 unspecified atom stereocenters. The number of halogens is 2. The van der Waals surface area contributed by atoms with Crippen molar-refractivity contribution in [1.82, 2.24) is 15.1 Å². The summed E-state index contributed by atoms with van der Waals surface area (Å²) in [5.41, 5.74) is 0. The monoisotopic (exact) mass is 335 g/mol. The molecule has 1 amide bonds. The number of rotatable bonds is 7. The van der Waals surface area contributed by atoms with Gasteiger partial charge in [-0.2, -0.15) is 5.10 Å². The van der Waals surface area contributed by atoms with Crippen molar-refractivity contribution in [1.29, 1.82) is 0 Å². The third kappa shape index (κ3) is 5.64. The Hall–Kier alpha value is -0.880. The lowest BCUT2D eigenvalue weighted by Gasteiger charge is -2.11. The highest BCUT2D eigenvalue weighted by Gasteiger charge is 2.13. The molecule has 100 valence electrons. The summed E-state index contributed by atoms with van der Waals surface area (Å²) in [6, 6.07) is 0. The largest absolute Gasteiger partial charge is 0.356 e. The Morgan fingerprint density at radius 2 is 2.33 bits per heavy atom. The maximum atomic E-state index is 11.7. The van der Waals surface area contributed by atoms with E-state index >= 15 is 0 Å². The molecule has 0 aliphatic heterocycles. The van der Waals surface area contributed by atoms with Crippen molar-refractivity contribution < 1.29 is 9.59 Å². The Morgan fingerprint density at radius 1 is 1.61 bits per heavy atom. The van der Waals surface area contributed by atoms with Crippen LogP contribution in [0, 0.1) is 5.92 Å². The average molecular weight is 337 g/mol. The third-order valence-corrected chi connectivity index (χ3v) is 2.96. The lowest BCUT2D eigenvalue weighted by Crippen LogP contribution is -2.32. The fourth-order valence-electron chi connectivity index (χ4n) is 1.41. The summed E-state index contributed by atoms with van der Waals surface area (Å²) >= 11 is 8.49. The van der Waals surface area contributed by atoms with E-state index < -0.39 is 0 Å². The molecule has 0 fully saturated rings. The molecule has 0 saturated heterocycles. The van der Waals surface area contributed by atoms with Crippen LogP contribution in [0.3, 0.4) is 0 Å². The second kappa shape index (κ2) is 7.53. The van der Waals surface area contributed by atoms with Crippen LogP contribution in [0.2, 0.25) is 0 Å². The molecule has 5 nitrogen and oxygen atoms in total. The van der Waals surface area contributed by atoms with Crippen LogP contribution in [0.5, 0.6) is 0 Å². The van der Waals surface area contributed by atoms with E-state index in [1.165, 1.54) is 0 Å². The Balaban J connectivity index is 2.26. The number of nitrogens with zero attached hydrogens (tertiary/aromatic N) is 2. The summed E-state index contributed by atoms with van der Waals surface area (Å²) in [4.78, 5) is 22.2. The maximum Gasteiger partial charge on any atom is 0.224 e. The van der Waals surface area contributed by atoms with Crippen LogP contribution in [0.1, 0.15) is 19.8 Å². The van der Waals surface area contributed by atoms with Gasteiger partial charge in [-0.1, -0.05) is 6.92 Å². The lowest BCUT2D eigenvalue weighted by atomic mass is 10.1. The number of hydrogen-bond donors (Lipinski definition) is 1. The third-order valence-electron chi connectivity index (χ3n) is 2.36. The molecule has 0 saturated carbocycles. The zero-order valence-corrected chi connectivity index (χ0v) is 12.4. The zero-order chi connectivity index (χ0) is 13.5. The van der Waals surface area contributed by atoms with Crippen LogP contribution in [-0.4, -0.2) is 27.5 Å². The van der Waals surface area contributed by atoms with Crippen LogP contribution in [0.25, 0.3) is 0 Å². The fourth-order valence-corrected chi connectivity index (χ4v) is 1.88. The van der Waals surface area contributed by atoms with Gasteiger partial charge in [0.15, 0.2) is 0 Å². The molecule has 0 bridgehead atoms. The van der Waals surface area contributed by atoms with Gasteiger partial charge in [0.2, 0.25) is 11.1 Å². The SMILES string of the molecule is CC(Cn1cc(Br)cn1)C(=O)NCCCC(=O)Cl. The molecule has 1 aromatic rings. The number of aromatic nitrogens is 2. The number of nitrogens with one attached hydrogen (secondary N) is 1. The smallest absolute Gasteiger partial charge is 0.224 e. The second-order valence-corrected chi connectivity index (χ2v) is 5.37. The molecule has 0 aliphatic rings. The number of carbonyl (C=O) groups excluding carboxylic acids is 2. The Morgan fingerprint density at radius 3 is 2.89 bits per heavy atom. The Bertz CT molecular complexity index is 422.